The smallest absolute Gasteiger partial charge is 0.229 e. The van der Waals surface area contributed by atoms with E-state index in [0.29, 0.717) is 28.7 Å². The van der Waals surface area contributed by atoms with Crippen molar-refractivity contribution in [3.8, 4) is 5.75 Å². The molecule has 1 saturated heterocycles. The van der Waals surface area contributed by atoms with Crippen molar-refractivity contribution in [3.63, 3.8) is 0 Å². The van der Waals surface area contributed by atoms with Crippen molar-refractivity contribution < 1.29 is 14.3 Å². The number of hydrogen-bond donors (Lipinski definition) is 1. The summed E-state index contributed by atoms with van der Waals surface area (Å²) in [4.78, 5) is 26.5. The molecule has 6 heteroatoms. The van der Waals surface area contributed by atoms with Crippen molar-refractivity contribution in [2.45, 2.75) is 13.3 Å². The maximum Gasteiger partial charge on any atom is 0.229 e. The number of hydrogen-bond acceptors (Lipinski definition) is 3. The SMILES string of the molecule is COc1ccccc1N1CC(C(=O)Nc2ccc(C)cc2Cl)CC1=O. The van der Waals surface area contributed by atoms with Crippen LogP contribution in [0.3, 0.4) is 0 Å². The highest BCUT2D eigenvalue weighted by molar-refractivity contribution is 6.33. The fourth-order valence-corrected chi connectivity index (χ4v) is 3.21. The van der Waals surface area contributed by atoms with Crippen LogP contribution in [0.15, 0.2) is 42.5 Å². The van der Waals surface area contributed by atoms with E-state index in [1.54, 1.807) is 30.2 Å². The molecular weight excluding hydrogens is 340 g/mol. The predicted molar refractivity (Wildman–Crippen MR) is 98.3 cm³/mol. The second kappa shape index (κ2) is 7.15. The number of aryl methyl sites for hydroxylation is 1. The van der Waals surface area contributed by atoms with Crippen LogP contribution in [-0.4, -0.2) is 25.5 Å². The van der Waals surface area contributed by atoms with Crippen LogP contribution < -0.4 is 15.0 Å². The highest BCUT2D eigenvalue weighted by Crippen LogP contribution is 2.33. The first-order valence-corrected chi connectivity index (χ1v) is 8.38. The van der Waals surface area contributed by atoms with E-state index in [1.807, 2.05) is 31.2 Å². The Morgan fingerprint density at radius 2 is 2.04 bits per heavy atom. The second-order valence-electron chi connectivity index (χ2n) is 6.05. The molecule has 0 aromatic heterocycles. The van der Waals surface area contributed by atoms with E-state index in [0.717, 1.165) is 5.56 Å². The number of ether oxygens (including phenoxy) is 1. The zero-order chi connectivity index (χ0) is 18.0. The van der Waals surface area contributed by atoms with E-state index in [9.17, 15) is 9.59 Å². The zero-order valence-corrected chi connectivity index (χ0v) is 14.8. The summed E-state index contributed by atoms with van der Waals surface area (Å²) in [6.07, 6.45) is 0.160. The molecule has 1 fully saturated rings. The quantitative estimate of drug-likeness (QED) is 0.907. The summed E-state index contributed by atoms with van der Waals surface area (Å²) in [6, 6.07) is 12.7. The van der Waals surface area contributed by atoms with Gasteiger partial charge in [0, 0.05) is 13.0 Å². The van der Waals surface area contributed by atoms with Gasteiger partial charge < -0.3 is 15.0 Å². The molecule has 2 amide bonds. The van der Waals surface area contributed by atoms with Crippen LogP contribution in [0.4, 0.5) is 11.4 Å². The van der Waals surface area contributed by atoms with Crippen LogP contribution in [0.5, 0.6) is 5.75 Å². The number of nitrogens with zero attached hydrogens (tertiary/aromatic N) is 1. The Labute approximate surface area is 151 Å². The van der Waals surface area contributed by atoms with Crippen LogP contribution in [-0.2, 0) is 9.59 Å². The summed E-state index contributed by atoms with van der Waals surface area (Å²) in [5.74, 6) is -0.135. The standard InChI is InChI=1S/C19H19ClN2O3/c1-12-7-8-15(14(20)9-12)21-19(24)13-10-18(23)22(11-13)16-5-3-4-6-17(16)25-2/h3-9,13H,10-11H2,1-2H3,(H,21,24). The number of nitrogens with one attached hydrogen (secondary N) is 1. The van der Waals surface area contributed by atoms with Crippen molar-refractivity contribution in [1.82, 2.24) is 0 Å². The first kappa shape index (κ1) is 17.3. The Balaban J connectivity index is 1.74. The van der Waals surface area contributed by atoms with Gasteiger partial charge in [-0.3, -0.25) is 9.59 Å². The summed E-state index contributed by atoms with van der Waals surface area (Å²) < 4.78 is 5.31. The Morgan fingerprint density at radius 1 is 1.28 bits per heavy atom. The molecule has 0 bridgehead atoms. The van der Waals surface area contributed by atoms with Gasteiger partial charge in [-0.25, -0.2) is 0 Å². The summed E-state index contributed by atoms with van der Waals surface area (Å²) in [5, 5.41) is 3.30. The van der Waals surface area contributed by atoms with Crippen LogP contribution in [0, 0.1) is 12.8 Å². The Kier molecular flexibility index (Phi) is 4.95. The molecule has 1 unspecified atom stereocenters. The lowest BCUT2D eigenvalue weighted by Crippen LogP contribution is -2.28. The van der Waals surface area contributed by atoms with E-state index in [-0.39, 0.29) is 18.2 Å². The maximum absolute atomic E-state index is 12.5. The van der Waals surface area contributed by atoms with E-state index in [2.05, 4.69) is 5.32 Å². The molecule has 1 atom stereocenters. The molecule has 1 heterocycles. The first-order valence-electron chi connectivity index (χ1n) is 8.00. The summed E-state index contributed by atoms with van der Waals surface area (Å²) in [6.45, 7) is 2.24. The maximum atomic E-state index is 12.5. The summed E-state index contributed by atoms with van der Waals surface area (Å²) in [7, 11) is 1.56. The van der Waals surface area contributed by atoms with Gasteiger partial charge in [-0.2, -0.15) is 0 Å². The number of carbonyl (C=O) groups excluding carboxylic acids is 2. The van der Waals surface area contributed by atoms with Crippen LogP contribution >= 0.6 is 11.6 Å². The van der Waals surface area contributed by atoms with Gasteiger partial charge in [-0.15, -0.1) is 0 Å². The third kappa shape index (κ3) is 3.61. The van der Waals surface area contributed by atoms with Crippen molar-refractivity contribution in [3.05, 3.63) is 53.1 Å². The van der Waals surface area contributed by atoms with Crippen LogP contribution in [0.1, 0.15) is 12.0 Å². The van der Waals surface area contributed by atoms with Crippen molar-refractivity contribution in [2.75, 3.05) is 23.9 Å². The van der Waals surface area contributed by atoms with Crippen LogP contribution in [0.25, 0.3) is 0 Å². The van der Waals surface area contributed by atoms with Gasteiger partial charge in [0.05, 0.1) is 29.4 Å². The highest BCUT2D eigenvalue weighted by Gasteiger charge is 2.36. The molecule has 25 heavy (non-hydrogen) atoms. The molecule has 0 saturated carbocycles. The summed E-state index contributed by atoms with van der Waals surface area (Å²) in [5.41, 5.74) is 2.25. The van der Waals surface area contributed by atoms with Gasteiger partial charge >= 0.3 is 0 Å². The first-order chi connectivity index (χ1) is 12.0. The monoisotopic (exact) mass is 358 g/mol. The number of para-hydroxylation sites is 2. The van der Waals surface area contributed by atoms with Crippen molar-refractivity contribution in [2.24, 2.45) is 5.92 Å². The van der Waals surface area contributed by atoms with Gasteiger partial charge in [0.15, 0.2) is 0 Å². The molecular formula is C19H19ClN2O3. The van der Waals surface area contributed by atoms with Crippen LogP contribution in [0.2, 0.25) is 5.02 Å². The fourth-order valence-electron chi connectivity index (χ4n) is 2.93. The van der Waals surface area contributed by atoms with E-state index >= 15 is 0 Å². The van der Waals surface area contributed by atoms with E-state index in [1.165, 1.54) is 0 Å². The third-order valence-corrected chi connectivity index (χ3v) is 4.57. The lowest BCUT2D eigenvalue weighted by molar-refractivity contribution is -0.122. The molecule has 0 radical (unpaired) electrons. The number of carbonyl (C=O) groups is 2. The van der Waals surface area contributed by atoms with Gasteiger partial charge in [0.25, 0.3) is 0 Å². The second-order valence-corrected chi connectivity index (χ2v) is 6.46. The average molecular weight is 359 g/mol. The lowest BCUT2D eigenvalue weighted by atomic mass is 10.1. The van der Waals surface area contributed by atoms with E-state index in [4.69, 9.17) is 16.3 Å². The number of rotatable bonds is 4. The van der Waals surface area contributed by atoms with Crippen molar-refractivity contribution >= 4 is 34.8 Å². The number of anilines is 2. The molecule has 0 spiro atoms. The van der Waals surface area contributed by atoms with Gasteiger partial charge in [-0.1, -0.05) is 29.8 Å². The highest BCUT2D eigenvalue weighted by atomic mass is 35.5. The summed E-state index contributed by atoms with van der Waals surface area (Å²) >= 11 is 6.16. The Hall–Kier alpha value is -2.53. The minimum Gasteiger partial charge on any atom is -0.495 e. The molecule has 1 aliphatic heterocycles. The normalized spacial score (nSPS) is 16.8. The number of benzene rings is 2. The lowest BCUT2D eigenvalue weighted by Gasteiger charge is -2.19. The minimum absolute atomic E-state index is 0.0975. The molecule has 2 aromatic carbocycles. The minimum atomic E-state index is -0.435. The fraction of sp³-hybridized carbons (Fsp3) is 0.263. The Morgan fingerprint density at radius 3 is 2.76 bits per heavy atom. The average Bonchev–Trinajstić information content (AvgIpc) is 2.99. The molecule has 2 aromatic rings. The molecule has 5 nitrogen and oxygen atoms in total. The molecule has 130 valence electrons. The topological polar surface area (TPSA) is 58.6 Å². The number of methoxy groups -OCH3 is 1. The molecule has 1 aliphatic rings. The largest absolute Gasteiger partial charge is 0.495 e. The van der Waals surface area contributed by atoms with Gasteiger partial charge in [0.1, 0.15) is 5.75 Å². The van der Waals surface area contributed by atoms with Gasteiger partial charge in [-0.05, 0) is 36.8 Å². The van der Waals surface area contributed by atoms with Gasteiger partial charge in [0.2, 0.25) is 11.8 Å². The molecule has 0 aliphatic carbocycles. The molecule has 3 rings (SSSR count). The predicted octanol–water partition coefficient (Wildman–Crippen LogP) is 3.65. The van der Waals surface area contributed by atoms with Crippen molar-refractivity contribution in [1.29, 1.82) is 0 Å². The van der Waals surface area contributed by atoms with E-state index < -0.39 is 5.92 Å². The Bertz CT molecular complexity index is 822. The number of halogens is 1. The number of amides is 2. The third-order valence-electron chi connectivity index (χ3n) is 4.25. The molecule has 1 N–H and O–H groups in total. The zero-order valence-electron chi connectivity index (χ0n) is 14.1.